The lowest BCUT2D eigenvalue weighted by Gasteiger charge is -2.28. The Balaban J connectivity index is 1.62. The number of hydrogen-bond donors (Lipinski definition) is 1. The molecule has 0 amide bonds. The maximum atomic E-state index is 13.0. The highest BCUT2D eigenvalue weighted by Crippen LogP contribution is 2.38. The molecule has 3 aliphatic rings. The number of hydrogen-bond acceptors (Lipinski definition) is 7. The summed E-state index contributed by atoms with van der Waals surface area (Å²) in [4.78, 5) is 13.0. The van der Waals surface area contributed by atoms with Gasteiger partial charge in [0.05, 0.1) is 25.9 Å². The number of aliphatic hydroxyl groups is 1. The summed E-state index contributed by atoms with van der Waals surface area (Å²) in [6.45, 7) is 10.3. The predicted octanol–water partition coefficient (Wildman–Crippen LogP) is 7.96. The van der Waals surface area contributed by atoms with Gasteiger partial charge in [-0.25, -0.2) is 4.79 Å². The van der Waals surface area contributed by atoms with Gasteiger partial charge in [-0.05, 0) is 88.4 Å². The van der Waals surface area contributed by atoms with Crippen LogP contribution in [0.2, 0.25) is 0 Å². The highest BCUT2D eigenvalue weighted by molar-refractivity contribution is 5.86. The topological polar surface area (TPSA) is 83.5 Å². The summed E-state index contributed by atoms with van der Waals surface area (Å²) in [5, 5.41) is 10.8. The first-order chi connectivity index (χ1) is 19.8. The minimum Gasteiger partial charge on any atom is -0.465 e. The lowest BCUT2D eigenvalue weighted by molar-refractivity contribution is -0.173. The number of rotatable bonds is 17. The van der Waals surface area contributed by atoms with Crippen LogP contribution in [0.5, 0.6) is 0 Å². The minimum atomic E-state index is -0.509. The smallest absolute Gasteiger partial charge is 0.377 e. The molecule has 3 rings (SSSR count). The number of carbonyl (C=O) groups is 1. The lowest BCUT2D eigenvalue weighted by atomic mass is 9.82. The molecular weight excluding hydrogens is 520 g/mol. The monoisotopic (exact) mass is 578 g/mol. The SMILES string of the molecule is CCCCC(C)(C)C/C=C/[C@H]1CC[C@H](O)[C@@H]1CCCC/C(OC1CCCCO1)=C(\OC1CCCCO1)C(=O)OCC. The Labute approximate surface area is 249 Å². The number of allylic oxidation sites excluding steroid dienone is 3. The average Bonchev–Trinajstić information content (AvgIpc) is 3.32. The van der Waals surface area contributed by atoms with Crippen LogP contribution in [0.15, 0.2) is 23.7 Å². The summed E-state index contributed by atoms with van der Waals surface area (Å²) in [5.41, 5.74) is 0.325. The van der Waals surface area contributed by atoms with Gasteiger partial charge in [0.15, 0.2) is 12.6 Å². The molecule has 0 spiro atoms. The van der Waals surface area contributed by atoms with E-state index in [1.807, 2.05) is 0 Å². The van der Waals surface area contributed by atoms with Crippen molar-refractivity contribution in [2.75, 3.05) is 19.8 Å². The van der Waals surface area contributed by atoms with E-state index in [-0.39, 0.29) is 30.7 Å². The van der Waals surface area contributed by atoms with Crippen LogP contribution >= 0.6 is 0 Å². The highest BCUT2D eigenvalue weighted by Gasteiger charge is 2.33. The van der Waals surface area contributed by atoms with Crippen molar-refractivity contribution < 1.29 is 33.6 Å². The standard InChI is InChI=1S/C34H58O7/c1-5-7-22-34(3,4)23-14-15-26-20-21-28(35)27(26)16-8-9-17-29(40-30-18-10-12-24-38-30)32(33(36)37-6-2)41-31-19-11-13-25-39-31/h14-15,26-28,30-31,35H,5-13,16-25H2,1-4H3/b15-14+,32-29+/t26-,27+,28-,30?,31?/m0/s1. The second-order valence-electron chi connectivity index (χ2n) is 12.9. The van der Waals surface area contributed by atoms with Crippen molar-refractivity contribution in [1.82, 2.24) is 0 Å². The molecule has 0 aromatic carbocycles. The van der Waals surface area contributed by atoms with E-state index in [4.69, 9.17) is 23.7 Å². The van der Waals surface area contributed by atoms with Gasteiger partial charge in [0.2, 0.25) is 5.76 Å². The van der Waals surface area contributed by atoms with Crippen LogP contribution in [0, 0.1) is 17.3 Å². The molecule has 2 heterocycles. The Hall–Kier alpha value is -1.57. The van der Waals surface area contributed by atoms with E-state index in [1.165, 1.54) is 19.3 Å². The fraction of sp³-hybridized carbons (Fsp3) is 0.853. The molecule has 2 saturated heterocycles. The number of ether oxygens (including phenoxy) is 5. The molecule has 7 nitrogen and oxygen atoms in total. The number of unbranched alkanes of at least 4 members (excludes halogenated alkanes) is 2. The van der Waals surface area contributed by atoms with Crippen molar-refractivity contribution in [1.29, 1.82) is 0 Å². The molecule has 0 aromatic rings. The van der Waals surface area contributed by atoms with Crippen LogP contribution in [-0.4, -0.2) is 49.6 Å². The van der Waals surface area contributed by atoms with Gasteiger partial charge in [0.25, 0.3) is 0 Å². The number of aliphatic hydroxyl groups excluding tert-OH is 1. The highest BCUT2D eigenvalue weighted by atomic mass is 16.7. The van der Waals surface area contributed by atoms with Gasteiger partial charge in [0, 0.05) is 19.3 Å². The molecule has 1 saturated carbocycles. The molecule has 3 fully saturated rings. The van der Waals surface area contributed by atoms with Crippen molar-refractivity contribution >= 4 is 5.97 Å². The van der Waals surface area contributed by atoms with E-state index in [1.54, 1.807) is 6.92 Å². The van der Waals surface area contributed by atoms with Gasteiger partial charge in [-0.2, -0.15) is 0 Å². The third-order valence-electron chi connectivity index (χ3n) is 8.80. The number of carbonyl (C=O) groups excluding carboxylic acids is 1. The zero-order valence-electron chi connectivity index (χ0n) is 26.4. The van der Waals surface area contributed by atoms with Gasteiger partial charge in [-0.1, -0.05) is 52.2 Å². The molecule has 1 aliphatic carbocycles. The predicted molar refractivity (Wildman–Crippen MR) is 161 cm³/mol. The Morgan fingerprint density at radius 2 is 1.63 bits per heavy atom. The molecule has 236 valence electrons. The first-order valence-electron chi connectivity index (χ1n) is 16.6. The van der Waals surface area contributed by atoms with Crippen molar-refractivity contribution in [3.8, 4) is 0 Å². The quantitative estimate of drug-likeness (QED) is 0.0616. The van der Waals surface area contributed by atoms with Crippen LogP contribution in [0.4, 0.5) is 0 Å². The molecular formula is C34H58O7. The van der Waals surface area contributed by atoms with Crippen molar-refractivity contribution in [3.05, 3.63) is 23.7 Å². The van der Waals surface area contributed by atoms with Crippen LogP contribution in [0.25, 0.3) is 0 Å². The maximum Gasteiger partial charge on any atom is 0.377 e. The largest absolute Gasteiger partial charge is 0.465 e. The van der Waals surface area contributed by atoms with E-state index in [0.29, 0.717) is 36.7 Å². The minimum absolute atomic E-state index is 0.125. The van der Waals surface area contributed by atoms with Crippen molar-refractivity contribution in [2.45, 2.75) is 149 Å². The first-order valence-corrected chi connectivity index (χ1v) is 16.6. The molecule has 1 N–H and O–H groups in total. The molecule has 2 unspecified atom stereocenters. The summed E-state index contributed by atoms with van der Waals surface area (Å²) >= 11 is 0. The third-order valence-corrected chi connectivity index (χ3v) is 8.80. The normalized spacial score (nSPS) is 28.0. The van der Waals surface area contributed by atoms with Crippen LogP contribution in [0.1, 0.15) is 130 Å². The van der Waals surface area contributed by atoms with Gasteiger partial charge < -0.3 is 28.8 Å². The zero-order valence-corrected chi connectivity index (χ0v) is 26.4. The van der Waals surface area contributed by atoms with Gasteiger partial charge >= 0.3 is 5.97 Å². The molecule has 5 atom stereocenters. The Kier molecular flexibility index (Phi) is 15.0. The molecule has 0 bridgehead atoms. The van der Waals surface area contributed by atoms with E-state index in [9.17, 15) is 9.90 Å². The van der Waals surface area contributed by atoms with Gasteiger partial charge in [-0.15, -0.1) is 0 Å². The van der Waals surface area contributed by atoms with E-state index >= 15 is 0 Å². The van der Waals surface area contributed by atoms with Crippen molar-refractivity contribution in [3.63, 3.8) is 0 Å². The van der Waals surface area contributed by atoms with Crippen LogP contribution < -0.4 is 0 Å². The Morgan fingerprint density at radius 3 is 2.27 bits per heavy atom. The molecule has 41 heavy (non-hydrogen) atoms. The summed E-state index contributed by atoms with van der Waals surface area (Å²) in [6.07, 6.45) is 19.2. The van der Waals surface area contributed by atoms with E-state index in [2.05, 4.69) is 32.9 Å². The third kappa shape index (κ3) is 11.9. The fourth-order valence-electron chi connectivity index (χ4n) is 6.26. The molecule has 0 radical (unpaired) electrons. The summed E-state index contributed by atoms with van der Waals surface area (Å²) < 4.78 is 29.4. The number of esters is 1. The van der Waals surface area contributed by atoms with Gasteiger partial charge in [-0.3, -0.25) is 0 Å². The van der Waals surface area contributed by atoms with E-state index < -0.39 is 12.3 Å². The summed E-state index contributed by atoms with van der Waals surface area (Å²) in [6, 6.07) is 0. The Morgan fingerprint density at radius 1 is 0.927 bits per heavy atom. The fourth-order valence-corrected chi connectivity index (χ4v) is 6.26. The van der Waals surface area contributed by atoms with Crippen LogP contribution in [-0.2, 0) is 28.5 Å². The van der Waals surface area contributed by atoms with Crippen molar-refractivity contribution in [2.24, 2.45) is 17.3 Å². The molecule has 7 heteroatoms. The summed E-state index contributed by atoms with van der Waals surface area (Å²) in [7, 11) is 0. The molecule has 2 aliphatic heterocycles. The second-order valence-corrected chi connectivity index (χ2v) is 12.9. The Bertz CT molecular complexity index is 808. The molecule has 0 aromatic heterocycles. The zero-order chi connectivity index (χ0) is 29.5. The second kappa shape index (κ2) is 18.2. The van der Waals surface area contributed by atoms with Crippen LogP contribution in [0.3, 0.4) is 0 Å². The average molecular weight is 579 g/mol. The maximum absolute atomic E-state index is 13.0. The van der Waals surface area contributed by atoms with Gasteiger partial charge in [0.1, 0.15) is 5.76 Å². The first kappa shape index (κ1) is 33.9. The lowest BCUT2D eigenvalue weighted by Crippen LogP contribution is -2.28. The van der Waals surface area contributed by atoms with E-state index in [0.717, 1.165) is 77.0 Å². The summed E-state index contributed by atoms with van der Waals surface area (Å²) in [5.74, 6) is 0.820.